The summed E-state index contributed by atoms with van der Waals surface area (Å²) in [5.74, 6) is -1.64. The molecular weight excluding hydrogens is 364 g/mol. The molecule has 1 unspecified atom stereocenters. The molecule has 28 heavy (non-hydrogen) atoms. The Morgan fingerprint density at radius 1 is 1.18 bits per heavy atom. The summed E-state index contributed by atoms with van der Waals surface area (Å²) < 4.78 is 30.9. The topological polar surface area (TPSA) is 66.8 Å². The average Bonchev–Trinajstić information content (AvgIpc) is 3.31. The van der Waals surface area contributed by atoms with Gasteiger partial charge in [-0.05, 0) is 30.7 Å². The Bertz CT molecular complexity index is 1350. The van der Waals surface area contributed by atoms with Crippen LogP contribution >= 0.6 is 0 Å². The second kappa shape index (κ2) is 4.83. The first kappa shape index (κ1) is 15.5. The van der Waals surface area contributed by atoms with Gasteiger partial charge in [-0.15, -0.1) is 0 Å². The molecule has 0 radical (unpaired) electrons. The van der Waals surface area contributed by atoms with Gasteiger partial charge in [0.25, 0.3) is 5.91 Å². The van der Waals surface area contributed by atoms with Crippen LogP contribution in [0.1, 0.15) is 33.4 Å². The zero-order chi connectivity index (χ0) is 19.3. The predicted molar refractivity (Wildman–Crippen MR) is 98.0 cm³/mol. The zero-order valence-electron chi connectivity index (χ0n) is 14.9. The van der Waals surface area contributed by atoms with Crippen LogP contribution in [-0.4, -0.2) is 25.7 Å². The van der Waals surface area contributed by atoms with E-state index >= 15 is 4.39 Å². The summed E-state index contributed by atoms with van der Waals surface area (Å²) in [5, 5.41) is 4.36. The van der Waals surface area contributed by atoms with Crippen LogP contribution in [0, 0.1) is 18.6 Å². The first-order chi connectivity index (χ1) is 13.5. The number of aryl methyl sites for hydroxylation is 1. The van der Waals surface area contributed by atoms with E-state index in [4.69, 9.17) is 0 Å². The number of hydrogen-bond donors (Lipinski definition) is 1. The number of anilines is 1. The molecule has 8 heteroatoms. The monoisotopic (exact) mass is 377 g/mol. The summed E-state index contributed by atoms with van der Waals surface area (Å²) in [4.78, 5) is 22.2. The van der Waals surface area contributed by atoms with E-state index in [2.05, 4.69) is 15.1 Å². The van der Waals surface area contributed by atoms with Crippen molar-refractivity contribution in [2.45, 2.75) is 13.0 Å². The molecule has 1 N–H and O–H groups in total. The Balaban J connectivity index is 1.80. The first-order valence-corrected chi connectivity index (χ1v) is 8.80. The number of imidazole rings is 1. The normalized spacial score (nSPS) is 16.9. The van der Waals surface area contributed by atoms with E-state index in [1.807, 2.05) is 6.92 Å². The minimum Gasteiger partial charge on any atom is -0.345 e. The third kappa shape index (κ3) is 1.64. The summed E-state index contributed by atoms with van der Waals surface area (Å²) in [6, 6.07) is 5.13. The highest BCUT2D eigenvalue weighted by molar-refractivity contribution is 6.16. The van der Waals surface area contributed by atoms with Crippen molar-refractivity contribution in [1.82, 2.24) is 19.7 Å². The molecule has 2 aromatic carbocycles. The number of halogens is 2. The number of aromatic nitrogens is 4. The van der Waals surface area contributed by atoms with Gasteiger partial charge in [0.15, 0.2) is 5.69 Å². The molecule has 6 nitrogen and oxygen atoms in total. The fraction of sp³-hybridized carbons (Fsp3) is 0.150. The van der Waals surface area contributed by atoms with Crippen LogP contribution in [0.25, 0.3) is 22.2 Å². The summed E-state index contributed by atoms with van der Waals surface area (Å²) in [6.07, 6.45) is 1.52. The van der Waals surface area contributed by atoms with Crippen molar-refractivity contribution in [2.24, 2.45) is 7.05 Å². The van der Waals surface area contributed by atoms with Gasteiger partial charge in [-0.1, -0.05) is 0 Å². The van der Waals surface area contributed by atoms with Crippen molar-refractivity contribution in [2.75, 3.05) is 4.90 Å². The number of hydrogen-bond acceptors (Lipinski definition) is 3. The summed E-state index contributed by atoms with van der Waals surface area (Å²) in [5.41, 5.74) is 4.76. The largest absolute Gasteiger partial charge is 0.345 e. The van der Waals surface area contributed by atoms with Gasteiger partial charge in [-0.2, -0.15) is 5.10 Å². The van der Waals surface area contributed by atoms with Crippen LogP contribution in [0.2, 0.25) is 0 Å². The molecule has 0 aliphatic carbocycles. The van der Waals surface area contributed by atoms with E-state index in [0.717, 1.165) is 11.8 Å². The van der Waals surface area contributed by atoms with Crippen LogP contribution < -0.4 is 4.90 Å². The van der Waals surface area contributed by atoms with Crippen LogP contribution in [0.5, 0.6) is 0 Å². The second-order valence-corrected chi connectivity index (χ2v) is 7.16. The number of aromatic amines is 1. The maximum atomic E-state index is 15.1. The molecule has 138 valence electrons. The Kier molecular flexibility index (Phi) is 2.68. The van der Waals surface area contributed by atoms with Gasteiger partial charge in [-0.3, -0.25) is 14.4 Å². The Labute approximate surface area is 157 Å². The highest BCUT2D eigenvalue weighted by Crippen LogP contribution is 2.54. The van der Waals surface area contributed by atoms with Crippen molar-refractivity contribution in [1.29, 1.82) is 0 Å². The van der Waals surface area contributed by atoms with Crippen LogP contribution in [-0.2, 0) is 7.05 Å². The van der Waals surface area contributed by atoms with Gasteiger partial charge in [0, 0.05) is 35.5 Å². The lowest BCUT2D eigenvalue weighted by atomic mass is 9.85. The first-order valence-electron chi connectivity index (χ1n) is 8.80. The summed E-state index contributed by atoms with van der Waals surface area (Å²) in [7, 11) is 1.75. The number of benzene rings is 2. The van der Waals surface area contributed by atoms with E-state index in [1.54, 1.807) is 28.8 Å². The fourth-order valence-corrected chi connectivity index (χ4v) is 4.53. The number of carbonyl (C=O) groups is 1. The van der Waals surface area contributed by atoms with Gasteiger partial charge >= 0.3 is 0 Å². The SMILES string of the molecule is Cc1c2c(nn1C)C(=O)N1c3ccc4[nH]cnc4c3-c3c(F)cc(F)cc3C21. The van der Waals surface area contributed by atoms with Crippen LogP contribution in [0.15, 0.2) is 30.6 Å². The quantitative estimate of drug-likeness (QED) is 0.509. The number of amides is 1. The molecule has 0 bridgehead atoms. The fourth-order valence-electron chi connectivity index (χ4n) is 4.53. The summed E-state index contributed by atoms with van der Waals surface area (Å²) >= 11 is 0. The van der Waals surface area contributed by atoms with Crippen molar-refractivity contribution in [3.63, 3.8) is 0 Å². The minimum absolute atomic E-state index is 0.277. The Morgan fingerprint density at radius 3 is 2.82 bits per heavy atom. The number of rotatable bonds is 0. The van der Waals surface area contributed by atoms with E-state index in [-0.39, 0.29) is 11.5 Å². The molecule has 0 saturated carbocycles. The standard InChI is InChI=1S/C20H13F2N5O/c1-8-14-18(25-26(8)2)20(28)27-13-4-3-12-17(24-7-23-12)16(13)15-10(19(14)27)5-9(21)6-11(15)22/h3-7,19H,1-2H3,(H,23,24). The van der Waals surface area contributed by atoms with Gasteiger partial charge < -0.3 is 4.98 Å². The second-order valence-electron chi connectivity index (χ2n) is 7.16. The maximum Gasteiger partial charge on any atom is 0.280 e. The lowest BCUT2D eigenvalue weighted by molar-refractivity contribution is 0.0987. The van der Waals surface area contributed by atoms with E-state index < -0.39 is 17.7 Å². The third-order valence-corrected chi connectivity index (χ3v) is 5.79. The van der Waals surface area contributed by atoms with E-state index in [1.165, 1.54) is 12.4 Å². The number of nitrogens with zero attached hydrogens (tertiary/aromatic N) is 4. The molecule has 2 aliphatic rings. The van der Waals surface area contributed by atoms with Gasteiger partial charge in [-0.25, -0.2) is 13.8 Å². The van der Waals surface area contributed by atoms with Crippen molar-refractivity contribution in [3.8, 4) is 11.1 Å². The van der Waals surface area contributed by atoms with Crippen molar-refractivity contribution in [3.05, 3.63) is 64.7 Å². The number of nitrogens with one attached hydrogen (secondary N) is 1. The molecule has 2 aromatic heterocycles. The average molecular weight is 377 g/mol. The number of fused-ring (bicyclic) bond motifs is 10. The molecule has 1 amide bonds. The Hall–Kier alpha value is -3.55. The smallest absolute Gasteiger partial charge is 0.280 e. The molecule has 0 saturated heterocycles. The van der Waals surface area contributed by atoms with E-state index in [0.29, 0.717) is 39.1 Å². The highest BCUT2D eigenvalue weighted by atomic mass is 19.1. The molecule has 6 rings (SSSR count). The van der Waals surface area contributed by atoms with Crippen molar-refractivity contribution >= 4 is 22.6 Å². The lowest BCUT2D eigenvalue weighted by Gasteiger charge is -2.34. The molecule has 1 atom stereocenters. The molecular formula is C20H13F2N5O. The molecule has 4 heterocycles. The summed E-state index contributed by atoms with van der Waals surface area (Å²) in [6.45, 7) is 1.85. The minimum atomic E-state index is -0.684. The molecule has 2 aliphatic heterocycles. The highest BCUT2D eigenvalue weighted by Gasteiger charge is 2.48. The number of carbonyl (C=O) groups excluding carboxylic acids is 1. The lowest BCUT2D eigenvalue weighted by Crippen LogP contribution is -2.33. The van der Waals surface area contributed by atoms with Crippen LogP contribution in [0.4, 0.5) is 14.5 Å². The predicted octanol–water partition coefficient (Wildman–Crippen LogP) is 3.61. The number of H-pyrrole nitrogens is 1. The zero-order valence-corrected chi connectivity index (χ0v) is 14.9. The molecule has 4 aromatic rings. The van der Waals surface area contributed by atoms with E-state index in [9.17, 15) is 9.18 Å². The van der Waals surface area contributed by atoms with Crippen LogP contribution in [0.3, 0.4) is 0 Å². The maximum absolute atomic E-state index is 15.1. The van der Waals surface area contributed by atoms with Gasteiger partial charge in [0.1, 0.15) is 11.6 Å². The van der Waals surface area contributed by atoms with Crippen molar-refractivity contribution < 1.29 is 13.6 Å². The van der Waals surface area contributed by atoms with Gasteiger partial charge in [0.2, 0.25) is 0 Å². The Morgan fingerprint density at radius 2 is 2.00 bits per heavy atom. The molecule has 0 spiro atoms. The molecule has 0 fully saturated rings. The third-order valence-electron chi connectivity index (χ3n) is 5.79. The van der Waals surface area contributed by atoms with Gasteiger partial charge in [0.05, 0.1) is 29.1 Å².